The second-order valence-electron chi connectivity index (χ2n) is 5.29. The summed E-state index contributed by atoms with van der Waals surface area (Å²) in [6.45, 7) is 2.26. The van der Waals surface area contributed by atoms with Crippen LogP contribution in [0.3, 0.4) is 0 Å². The Morgan fingerprint density at radius 2 is 2.24 bits per heavy atom. The van der Waals surface area contributed by atoms with Crippen LogP contribution in [0.25, 0.3) is 0 Å². The van der Waals surface area contributed by atoms with Gasteiger partial charge in [-0.25, -0.2) is 0 Å². The summed E-state index contributed by atoms with van der Waals surface area (Å²) in [4.78, 5) is 1.52. The molecule has 1 aromatic rings. The Bertz CT molecular complexity index is 348. The van der Waals surface area contributed by atoms with Gasteiger partial charge < -0.3 is 5.73 Å². The largest absolute Gasteiger partial charge is 0.327 e. The topological polar surface area (TPSA) is 69.6 Å². The lowest BCUT2D eigenvalue weighted by Gasteiger charge is -2.33. The third-order valence-corrected chi connectivity index (χ3v) is 3.84. The number of aryl methyl sites for hydroxylation is 1. The number of aromatic nitrogens is 4. The summed E-state index contributed by atoms with van der Waals surface area (Å²) < 4.78 is 0. The van der Waals surface area contributed by atoms with Gasteiger partial charge in [0, 0.05) is 12.5 Å². The molecule has 96 valence electrons. The van der Waals surface area contributed by atoms with Crippen LogP contribution in [0.15, 0.2) is 0 Å². The van der Waals surface area contributed by atoms with E-state index < -0.39 is 0 Å². The molecule has 1 heterocycles. The van der Waals surface area contributed by atoms with Crippen LogP contribution < -0.4 is 5.73 Å². The minimum absolute atomic E-state index is 0.312. The third kappa shape index (κ3) is 3.25. The maximum Gasteiger partial charge on any atom is 0.175 e. The molecule has 1 aliphatic carbocycles. The Morgan fingerprint density at radius 1 is 1.41 bits per heavy atom. The van der Waals surface area contributed by atoms with Crippen molar-refractivity contribution < 1.29 is 0 Å². The lowest BCUT2D eigenvalue weighted by atomic mass is 9.75. The molecule has 3 atom stereocenters. The number of hydrogen-bond donors (Lipinski definition) is 1. The first-order chi connectivity index (χ1) is 8.19. The van der Waals surface area contributed by atoms with E-state index in [1.54, 1.807) is 7.05 Å². The molecule has 0 saturated heterocycles. The molecule has 1 fully saturated rings. The molecule has 2 rings (SSSR count). The van der Waals surface area contributed by atoms with E-state index in [2.05, 4.69) is 22.3 Å². The Balaban J connectivity index is 1.93. The SMILES string of the molecule is CCCC1CCC(N)C(Cc2nnn(C)n2)C1. The lowest BCUT2D eigenvalue weighted by Crippen LogP contribution is -2.37. The molecule has 1 aliphatic rings. The van der Waals surface area contributed by atoms with Gasteiger partial charge in [-0.1, -0.05) is 19.8 Å². The van der Waals surface area contributed by atoms with Crippen molar-refractivity contribution >= 4 is 0 Å². The summed E-state index contributed by atoms with van der Waals surface area (Å²) in [5.74, 6) is 2.22. The van der Waals surface area contributed by atoms with Crippen LogP contribution >= 0.6 is 0 Å². The average molecular weight is 237 g/mol. The highest BCUT2D eigenvalue weighted by Gasteiger charge is 2.28. The van der Waals surface area contributed by atoms with E-state index >= 15 is 0 Å². The van der Waals surface area contributed by atoms with Crippen molar-refractivity contribution in [3.63, 3.8) is 0 Å². The van der Waals surface area contributed by atoms with E-state index in [9.17, 15) is 0 Å². The summed E-state index contributed by atoms with van der Waals surface area (Å²) in [5, 5.41) is 12.2. The first kappa shape index (κ1) is 12.5. The van der Waals surface area contributed by atoms with E-state index in [1.165, 1.54) is 30.5 Å². The summed E-state index contributed by atoms with van der Waals surface area (Å²) in [6, 6.07) is 0.312. The van der Waals surface area contributed by atoms with Crippen LogP contribution in [0.4, 0.5) is 0 Å². The molecule has 0 spiro atoms. The predicted molar refractivity (Wildman–Crippen MR) is 66.2 cm³/mol. The van der Waals surface area contributed by atoms with Crippen LogP contribution in [0.1, 0.15) is 44.9 Å². The van der Waals surface area contributed by atoms with Gasteiger partial charge in [0.15, 0.2) is 5.82 Å². The van der Waals surface area contributed by atoms with Crippen molar-refractivity contribution in [1.82, 2.24) is 20.2 Å². The third-order valence-electron chi connectivity index (χ3n) is 3.84. The standard InChI is InChI=1S/C12H23N5/c1-3-4-9-5-6-11(13)10(7-9)8-12-14-16-17(2)15-12/h9-11H,3-8,13H2,1-2H3. The zero-order valence-corrected chi connectivity index (χ0v) is 10.8. The van der Waals surface area contributed by atoms with Gasteiger partial charge in [0.1, 0.15) is 0 Å². The van der Waals surface area contributed by atoms with Crippen molar-refractivity contribution in [2.24, 2.45) is 24.6 Å². The smallest absolute Gasteiger partial charge is 0.175 e. The predicted octanol–water partition coefficient (Wildman–Crippen LogP) is 1.30. The van der Waals surface area contributed by atoms with Gasteiger partial charge in [-0.05, 0) is 36.3 Å². The molecule has 0 radical (unpaired) electrons. The fourth-order valence-electron chi connectivity index (χ4n) is 2.93. The second-order valence-corrected chi connectivity index (χ2v) is 5.29. The Kier molecular flexibility index (Phi) is 4.10. The first-order valence-corrected chi connectivity index (χ1v) is 6.67. The van der Waals surface area contributed by atoms with Crippen molar-refractivity contribution in [1.29, 1.82) is 0 Å². The summed E-state index contributed by atoms with van der Waals surface area (Å²) >= 11 is 0. The molecule has 3 unspecified atom stereocenters. The summed E-state index contributed by atoms with van der Waals surface area (Å²) in [7, 11) is 1.80. The maximum atomic E-state index is 6.21. The van der Waals surface area contributed by atoms with Gasteiger partial charge in [0.2, 0.25) is 0 Å². The first-order valence-electron chi connectivity index (χ1n) is 6.67. The molecule has 5 heteroatoms. The minimum Gasteiger partial charge on any atom is -0.327 e. The van der Waals surface area contributed by atoms with E-state index in [-0.39, 0.29) is 0 Å². The van der Waals surface area contributed by atoms with Gasteiger partial charge >= 0.3 is 0 Å². The van der Waals surface area contributed by atoms with Gasteiger partial charge in [0.05, 0.1) is 7.05 Å². The lowest BCUT2D eigenvalue weighted by molar-refractivity contribution is 0.219. The van der Waals surface area contributed by atoms with Crippen molar-refractivity contribution in [3.8, 4) is 0 Å². The number of tetrazole rings is 1. The van der Waals surface area contributed by atoms with E-state index in [0.717, 1.165) is 24.6 Å². The van der Waals surface area contributed by atoms with Gasteiger partial charge in [-0.2, -0.15) is 4.80 Å². The highest BCUT2D eigenvalue weighted by atomic mass is 15.6. The van der Waals surface area contributed by atoms with Crippen LogP contribution in [-0.4, -0.2) is 26.2 Å². The Morgan fingerprint density at radius 3 is 2.88 bits per heavy atom. The zero-order chi connectivity index (χ0) is 12.3. The number of rotatable bonds is 4. The number of nitrogens with two attached hydrogens (primary N) is 1. The monoisotopic (exact) mass is 237 g/mol. The van der Waals surface area contributed by atoms with Crippen LogP contribution in [0.5, 0.6) is 0 Å². The molecule has 0 aliphatic heterocycles. The van der Waals surface area contributed by atoms with Crippen molar-refractivity contribution in [2.45, 2.75) is 51.5 Å². The minimum atomic E-state index is 0.312. The fraction of sp³-hybridized carbons (Fsp3) is 0.917. The highest BCUT2D eigenvalue weighted by molar-refractivity contribution is 4.90. The van der Waals surface area contributed by atoms with Gasteiger partial charge in [-0.15, -0.1) is 10.2 Å². The maximum absolute atomic E-state index is 6.21. The molecular weight excluding hydrogens is 214 g/mol. The number of hydrogen-bond acceptors (Lipinski definition) is 4. The molecule has 0 amide bonds. The Labute approximate surface area is 103 Å². The fourth-order valence-corrected chi connectivity index (χ4v) is 2.93. The van der Waals surface area contributed by atoms with Crippen molar-refractivity contribution in [2.75, 3.05) is 0 Å². The molecule has 0 aromatic carbocycles. The van der Waals surface area contributed by atoms with Crippen LogP contribution in [0.2, 0.25) is 0 Å². The van der Waals surface area contributed by atoms with E-state index in [4.69, 9.17) is 5.73 Å². The summed E-state index contributed by atoms with van der Waals surface area (Å²) in [5.41, 5.74) is 6.21. The quantitative estimate of drug-likeness (QED) is 0.857. The zero-order valence-electron chi connectivity index (χ0n) is 10.8. The number of nitrogens with zero attached hydrogens (tertiary/aromatic N) is 4. The van der Waals surface area contributed by atoms with E-state index in [0.29, 0.717) is 12.0 Å². The van der Waals surface area contributed by atoms with Crippen LogP contribution in [0, 0.1) is 11.8 Å². The van der Waals surface area contributed by atoms with E-state index in [1.807, 2.05) is 0 Å². The molecular formula is C12H23N5. The molecule has 1 saturated carbocycles. The highest BCUT2D eigenvalue weighted by Crippen LogP contribution is 2.32. The summed E-state index contributed by atoms with van der Waals surface area (Å²) in [6.07, 6.45) is 7.16. The average Bonchev–Trinajstić information content (AvgIpc) is 2.69. The molecule has 0 bridgehead atoms. The molecule has 2 N–H and O–H groups in total. The Hall–Kier alpha value is -0.970. The molecule has 17 heavy (non-hydrogen) atoms. The van der Waals surface area contributed by atoms with Crippen molar-refractivity contribution in [3.05, 3.63) is 5.82 Å². The molecule has 1 aromatic heterocycles. The van der Waals surface area contributed by atoms with Gasteiger partial charge in [0.25, 0.3) is 0 Å². The molecule has 5 nitrogen and oxygen atoms in total. The second kappa shape index (κ2) is 5.58. The van der Waals surface area contributed by atoms with Gasteiger partial charge in [-0.3, -0.25) is 0 Å². The normalized spacial score (nSPS) is 29.5. The van der Waals surface area contributed by atoms with Crippen LogP contribution in [-0.2, 0) is 13.5 Å².